The Bertz CT molecular complexity index is 1680. The quantitative estimate of drug-likeness (QED) is 0.0204. The Morgan fingerprint density at radius 2 is 0.897 bits per heavy atom. The fourth-order valence-corrected chi connectivity index (χ4v) is 9.37. The van der Waals surface area contributed by atoms with Gasteiger partial charge in [-0.25, -0.2) is 0 Å². The third kappa shape index (κ3) is 33.6. The summed E-state index contributed by atoms with van der Waals surface area (Å²) in [4.78, 5) is 13.3. The maximum Gasteiger partial charge on any atom is 0.220 e. The summed E-state index contributed by atoms with van der Waals surface area (Å²) in [6, 6.07) is -0.947. The normalized spacial score (nSPS) is 25.3. The maximum absolute atomic E-state index is 13.3. The van der Waals surface area contributed by atoms with Crippen LogP contribution in [0.4, 0.5) is 0 Å². The van der Waals surface area contributed by atoms with Gasteiger partial charge in [0.15, 0.2) is 12.6 Å². The summed E-state index contributed by atoms with van der Waals surface area (Å²) in [5, 5.41) is 87.1. The van der Waals surface area contributed by atoms with Gasteiger partial charge in [-0.15, -0.1) is 0 Å². The van der Waals surface area contributed by atoms with Crippen molar-refractivity contribution in [3.8, 4) is 0 Å². The van der Waals surface area contributed by atoms with Gasteiger partial charge in [-0.3, -0.25) is 4.79 Å². The second-order valence-electron chi connectivity index (χ2n) is 21.1. The average Bonchev–Trinajstić information content (AvgIpc) is 3.44. The van der Waals surface area contributed by atoms with Crippen LogP contribution in [0.5, 0.6) is 0 Å². The molecule has 0 bridgehead atoms. The lowest BCUT2D eigenvalue weighted by molar-refractivity contribution is -0.359. The largest absolute Gasteiger partial charge is 0.394 e. The van der Waals surface area contributed by atoms with E-state index in [2.05, 4.69) is 104 Å². The first kappa shape index (κ1) is 71.0. The zero-order chi connectivity index (χ0) is 56.7. The van der Waals surface area contributed by atoms with Crippen molar-refractivity contribution < 1.29 is 64.6 Å². The Labute approximate surface area is 471 Å². The van der Waals surface area contributed by atoms with Crippen LogP contribution >= 0.6 is 0 Å². The molecule has 2 aliphatic rings. The van der Waals surface area contributed by atoms with Crippen LogP contribution in [0.2, 0.25) is 0 Å². The van der Waals surface area contributed by atoms with Crippen LogP contribution in [-0.4, -0.2) is 140 Å². The molecule has 0 aromatic rings. The van der Waals surface area contributed by atoms with E-state index in [1.807, 2.05) is 6.08 Å². The number of rotatable bonds is 47. The minimum atomic E-state index is -1.80. The number of ether oxygens (including phenoxy) is 4. The van der Waals surface area contributed by atoms with Gasteiger partial charge < -0.3 is 65.1 Å². The molecule has 0 aromatic carbocycles. The summed E-state index contributed by atoms with van der Waals surface area (Å²) in [5.74, 6) is -0.267. The molecule has 2 fully saturated rings. The molecule has 0 saturated carbocycles. The summed E-state index contributed by atoms with van der Waals surface area (Å²) in [5.41, 5.74) is 0. The van der Waals surface area contributed by atoms with Crippen LogP contribution in [0, 0.1) is 0 Å². The molecule has 12 unspecified atom stereocenters. The van der Waals surface area contributed by atoms with Gasteiger partial charge in [0.1, 0.15) is 48.8 Å². The van der Waals surface area contributed by atoms with Gasteiger partial charge in [-0.1, -0.05) is 214 Å². The van der Waals surface area contributed by atoms with Crippen molar-refractivity contribution in [2.45, 2.75) is 280 Å². The second-order valence-corrected chi connectivity index (χ2v) is 21.1. The summed E-state index contributed by atoms with van der Waals surface area (Å²) in [6.45, 7) is 2.65. The highest BCUT2D eigenvalue weighted by Gasteiger charge is 2.51. The molecule has 2 aliphatic heterocycles. The minimum Gasteiger partial charge on any atom is -0.394 e. The third-order valence-corrected chi connectivity index (χ3v) is 14.3. The molecule has 2 rings (SSSR count). The van der Waals surface area contributed by atoms with Gasteiger partial charge >= 0.3 is 0 Å². The van der Waals surface area contributed by atoms with Gasteiger partial charge in [0.2, 0.25) is 5.91 Å². The Morgan fingerprint density at radius 3 is 1.41 bits per heavy atom. The van der Waals surface area contributed by atoms with Crippen molar-refractivity contribution in [2.75, 3.05) is 19.8 Å². The van der Waals surface area contributed by atoms with E-state index in [-0.39, 0.29) is 18.9 Å². The third-order valence-electron chi connectivity index (χ3n) is 14.3. The Morgan fingerprint density at radius 1 is 0.474 bits per heavy atom. The number of hydrogen-bond donors (Lipinski definition) is 9. The molecule has 14 nitrogen and oxygen atoms in total. The number of carbonyl (C=O) groups excluding carboxylic acids is 1. The van der Waals surface area contributed by atoms with Crippen LogP contribution in [0.1, 0.15) is 206 Å². The van der Waals surface area contributed by atoms with Crippen molar-refractivity contribution in [3.63, 3.8) is 0 Å². The van der Waals surface area contributed by atoms with Crippen molar-refractivity contribution in [2.24, 2.45) is 0 Å². The number of carbonyl (C=O) groups is 1. The van der Waals surface area contributed by atoms with Crippen molar-refractivity contribution >= 4 is 5.91 Å². The van der Waals surface area contributed by atoms with Crippen molar-refractivity contribution in [3.05, 3.63) is 97.2 Å². The first-order valence-electron chi connectivity index (χ1n) is 30.5. The molecule has 14 heteroatoms. The zero-order valence-electron chi connectivity index (χ0n) is 48.1. The lowest BCUT2D eigenvalue weighted by Gasteiger charge is -2.46. The predicted octanol–water partition coefficient (Wildman–Crippen LogP) is 10.7. The van der Waals surface area contributed by atoms with Crippen LogP contribution in [0.15, 0.2) is 97.2 Å². The van der Waals surface area contributed by atoms with E-state index in [0.29, 0.717) is 12.8 Å². The molecular weight excluding hydrogens is 991 g/mol. The number of allylic oxidation sites excluding steroid dienone is 15. The number of aliphatic hydroxyl groups excluding tert-OH is 8. The minimum absolute atomic E-state index is 0.250. The SMILES string of the molecule is CC/C=C\C/C=C\C/C=C\C/C=C\C/C=C\C/C=C\CCCCCCCCC(=O)NC(COC1OC(CO)C(OC2OC(CO)C(O)C(O)C2O)C(O)C1O)C(O)/C=C/CC/C=C/CCCCCCCCCCCCCCC. The average molecular weight is 1100 g/mol. The Hall–Kier alpha value is -3.09. The van der Waals surface area contributed by atoms with Crippen LogP contribution in [-0.2, 0) is 23.7 Å². The predicted molar refractivity (Wildman–Crippen MR) is 313 cm³/mol. The molecule has 1 amide bonds. The molecule has 9 N–H and O–H groups in total. The van der Waals surface area contributed by atoms with Gasteiger partial charge in [0.05, 0.1) is 32.0 Å². The highest BCUT2D eigenvalue weighted by atomic mass is 16.7. The lowest BCUT2D eigenvalue weighted by Crippen LogP contribution is -2.65. The van der Waals surface area contributed by atoms with E-state index in [0.717, 1.165) is 89.9 Å². The second kappa shape index (κ2) is 48.6. The molecular formula is C64H109NO13. The molecule has 2 heterocycles. The lowest BCUT2D eigenvalue weighted by atomic mass is 9.97. The molecule has 0 aromatic heterocycles. The maximum atomic E-state index is 13.3. The number of hydrogen-bond acceptors (Lipinski definition) is 13. The van der Waals surface area contributed by atoms with E-state index in [1.165, 1.54) is 83.5 Å². The molecule has 2 saturated heterocycles. The van der Waals surface area contributed by atoms with Gasteiger partial charge in [-0.05, 0) is 83.5 Å². The Kier molecular flexibility index (Phi) is 44.3. The summed E-state index contributed by atoms with van der Waals surface area (Å²) >= 11 is 0. The fraction of sp³-hybridized carbons (Fsp3) is 0.734. The first-order chi connectivity index (χ1) is 38.1. The fourth-order valence-electron chi connectivity index (χ4n) is 9.37. The van der Waals surface area contributed by atoms with Gasteiger partial charge in [-0.2, -0.15) is 0 Å². The molecule has 0 radical (unpaired) electrons. The van der Waals surface area contributed by atoms with E-state index >= 15 is 0 Å². The smallest absolute Gasteiger partial charge is 0.220 e. The molecule has 12 atom stereocenters. The standard InChI is InChI=1S/C64H109NO13/c1-3-5-7-9-11-13-15-17-19-21-23-24-25-26-27-28-30-32-34-36-38-40-42-44-46-48-56(69)65-52(53(68)47-45-43-41-39-37-35-33-31-29-22-20-18-16-14-12-10-8-6-4-2)51-75-63-61(74)59(72)62(55(50-67)77-63)78-64-60(73)58(71)57(70)54(49-66)76-64/h5,7,11,13,17,19,23-24,26-27,30,32,37,39,45,47,52-55,57-64,66-68,70-74H,3-4,6,8-10,12,14-16,18,20-22,25,28-29,31,33-36,38,40-44,46,48-51H2,1-2H3,(H,65,69)/b7-5-,13-11-,19-17-,24-23-,27-26-,32-30-,39-37+,47-45+. The number of aliphatic hydroxyl groups is 8. The van der Waals surface area contributed by atoms with Crippen LogP contribution < -0.4 is 5.32 Å². The number of unbranched alkanes of at least 4 members (excludes halogenated alkanes) is 20. The van der Waals surface area contributed by atoms with Gasteiger partial charge in [0, 0.05) is 6.42 Å². The van der Waals surface area contributed by atoms with Crippen LogP contribution in [0.25, 0.3) is 0 Å². The number of amides is 1. The van der Waals surface area contributed by atoms with E-state index in [4.69, 9.17) is 18.9 Å². The highest BCUT2D eigenvalue weighted by molar-refractivity contribution is 5.76. The van der Waals surface area contributed by atoms with E-state index < -0.39 is 86.8 Å². The van der Waals surface area contributed by atoms with Crippen LogP contribution in [0.3, 0.4) is 0 Å². The van der Waals surface area contributed by atoms with E-state index in [9.17, 15) is 45.6 Å². The summed E-state index contributed by atoms with van der Waals surface area (Å²) in [7, 11) is 0. The molecule has 448 valence electrons. The number of nitrogens with one attached hydrogen (secondary N) is 1. The first-order valence-corrected chi connectivity index (χ1v) is 30.5. The summed E-state index contributed by atoms with van der Waals surface area (Å²) in [6.07, 6.45) is 50.1. The van der Waals surface area contributed by atoms with Gasteiger partial charge in [0.25, 0.3) is 0 Å². The Balaban J connectivity index is 1.79. The topological polar surface area (TPSA) is 228 Å². The van der Waals surface area contributed by atoms with E-state index in [1.54, 1.807) is 6.08 Å². The monoisotopic (exact) mass is 1100 g/mol. The molecule has 78 heavy (non-hydrogen) atoms. The van der Waals surface area contributed by atoms with Crippen molar-refractivity contribution in [1.29, 1.82) is 0 Å². The molecule has 0 spiro atoms. The molecule has 0 aliphatic carbocycles. The van der Waals surface area contributed by atoms with Crippen molar-refractivity contribution in [1.82, 2.24) is 5.32 Å². The summed E-state index contributed by atoms with van der Waals surface area (Å²) < 4.78 is 22.8. The zero-order valence-corrected chi connectivity index (χ0v) is 48.1. The highest BCUT2D eigenvalue weighted by Crippen LogP contribution is 2.30.